The van der Waals surface area contributed by atoms with Gasteiger partial charge in [-0.15, -0.1) is 5.69 Å². The number of pyridine rings is 1. The molecule has 1 aromatic heterocycles. The van der Waals surface area contributed by atoms with E-state index in [1.54, 1.807) is 0 Å². The fraction of sp³-hybridized carbons (Fsp3) is 0.526. The molecule has 0 aliphatic carbocycles. The molecule has 0 saturated carbocycles. The van der Waals surface area contributed by atoms with Crippen LogP contribution in [0.4, 0.5) is 5.69 Å². The zero-order valence-corrected chi connectivity index (χ0v) is 15.9. The summed E-state index contributed by atoms with van der Waals surface area (Å²) < 4.78 is 0. The molecule has 0 unspecified atom stereocenters. The summed E-state index contributed by atoms with van der Waals surface area (Å²) in [6, 6.07) is 10.7. The maximum Gasteiger partial charge on any atom is 0.0555 e. The lowest BCUT2D eigenvalue weighted by atomic mass is 10.1. The Balaban J connectivity index is 2.41. The lowest BCUT2D eigenvalue weighted by molar-refractivity contribution is 0.727. The van der Waals surface area contributed by atoms with E-state index in [1.165, 1.54) is 23.9 Å². The Morgan fingerprint density at radius 1 is 1.09 bits per heavy atom. The SMILES string of the molecule is CCCCc1ccc2cccc([N-][Si](C)(C)C(C)(C)C)c2n1. The van der Waals surface area contributed by atoms with Crippen molar-refractivity contribution >= 4 is 24.8 Å². The van der Waals surface area contributed by atoms with Crippen molar-refractivity contribution in [1.82, 2.24) is 4.98 Å². The molecule has 0 amide bonds. The van der Waals surface area contributed by atoms with Crippen molar-refractivity contribution in [1.29, 1.82) is 0 Å². The van der Waals surface area contributed by atoms with Crippen molar-refractivity contribution < 1.29 is 0 Å². The molecule has 1 aromatic carbocycles. The van der Waals surface area contributed by atoms with Crippen molar-refractivity contribution in [3.63, 3.8) is 0 Å². The molecule has 0 fully saturated rings. The van der Waals surface area contributed by atoms with Gasteiger partial charge in [-0.25, -0.2) is 0 Å². The molecule has 0 N–H and O–H groups in total. The lowest BCUT2D eigenvalue weighted by Crippen LogP contribution is -2.35. The number of nitrogens with zero attached hydrogens (tertiary/aromatic N) is 2. The summed E-state index contributed by atoms with van der Waals surface area (Å²) in [6.07, 6.45) is 3.45. The first-order chi connectivity index (χ1) is 10.2. The molecule has 2 rings (SSSR count). The third-order valence-electron chi connectivity index (χ3n) is 4.78. The second kappa shape index (κ2) is 6.41. The smallest absolute Gasteiger partial charge is 0.0555 e. The van der Waals surface area contributed by atoms with Gasteiger partial charge in [0.15, 0.2) is 0 Å². The predicted octanol–water partition coefficient (Wildman–Crippen LogP) is 6.59. The number of aromatic nitrogens is 1. The molecule has 1 heterocycles. The van der Waals surface area contributed by atoms with Crippen molar-refractivity contribution in [3.05, 3.63) is 41.0 Å². The van der Waals surface area contributed by atoms with Crippen molar-refractivity contribution in [2.24, 2.45) is 0 Å². The first-order valence-electron chi connectivity index (χ1n) is 8.36. The van der Waals surface area contributed by atoms with Crippen LogP contribution < -0.4 is 0 Å². The second-order valence-electron chi connectivity index (χ2n) is 7.68. The highest BCUT2D eigenvalue weighted by atomic mass is 28.3. The van der Waals surface area contributed by atoms with Crippen LogP contribution in [0.3, 0.4) is 0 Å². The maximum absolute atomic E-state index is 5.19. The van der Waals surface area contributed by atoms with Gasteiger partial charge in [0.25, 0.3) is 0 Å². The molecule has 3 heteroatoms. The van der Waals surface area contributed by atoms with Crippen LogP contribution in [-0.4, -0.2) is 13.2 Å². The molecule has 22 heavy (non-hydrogen) atoms. The Labute approximate surface area is 136 Å². The molecule has 0 aliphatic heterocycles. The van der Waals surface area contributed by atoms with Crippen LogP contribution in [0.2, 0.25) is 18.1 Å². The highest BCUT2D eigenvalue weighted by Gasteiger charge is 2.26. The minimum atomic E-state index is -1.72. The van der Waals surface area contributed by atoms with Gasteiger partial charge in [0.1, 0.15) is 0 Å². The zero-order valence-electron chi connectivity index (χ0n) is 14.9. The van der Waals surface area contributed by atoms with E-state index in [1.807, 2.05) is 0 Å². The Morgan fingerprint density at radius 3 is 2.45 bits per heavy atom. The number of benzene rings is 1. The standard InChI is InChI=1S/C19H29N2Si/c1-7-8-11-16-14-13-15-10-9-12-17(18(15)20-16)21-22(5,6)19(2,3)4/h9-10,12-14H,7-8,11H2,1-6H3/q-1. The highest BCUT2D eigenvalue weighted by molar-refractivity contribution is 6.85. The van der Waals surface area contributed by atoms with Crippen LogP contribution in [0.25, 0.3) is 15.9 Å². The quantitative estimate of drug-likeness (QED) is 0.572. The van der Waals surface area contributed by atoms with Crippen LogP contribution in [0.5, 0.6) is 0 Å². The summed E-state index contributed by atoms with van der Waals surface area (Å²) in [5, 5.41) is 1.44. The van der Waals surface area contributed by atoms with E-state index in [4.69, 9.17) is 9.97 Å². The van der Waals surface area contributed by atoms with E-state index in [9.17, 15) is 0 Å². The number of para-hydroxylation sites is 1. The van der Waals surface area contributed by atoms with Gasteiger partial charge in [0, 0.05) is 5.69 Å². The summed E-state index contributed by atoms with van der Waals surface area (Å²) in [4.78, 5) is 10.1. The Bertz CT molecular complexity index is 641. The average Bonchev–Trinajstić information content (AvgIpc) is 2.44. The molecule has 0 radical (unpaired) electrons. The predicted molar refractivity (Wildman–Crippen MR) is 101 cm³/mol. The molecular formula is C19H29N2Si-. The van der Waals surface area contributed by atoms with Crippen molar-refractivity contribution in [2.45, 2.75) is 65.1 Å². The van der Waals surface area contributed by atoms with E-state index in [-0.39, 0.29) is 5.04 Å². The largest absolute Gasteiger partial charge is 0.685 e. The fourth-order valence-corrected chi connectivity index (χ4v) is 3.35. The Kier molecular flexibility index (Phi) is 4.96. The van der Waals surface area contributed by atoms with Crippen molar-refractivity contribution in [3.8, 4) is 0 Å². The van der Waals surface area contributed by atoms with Gasteiger partial charge in [-0.1, -0.05) is 76.5 Å². The van der Waals surface area contributed by atoms with Gasteiger partial charge in [-0.05, 0) is 32.5 Å². The molecule has 120 valence electrons. The molecule has 0 atom stereocenters. The Morgan fingerprint density at radius 2 is 1.82 bits per heavy atom. The summed E-state index contributed by atoms with van der Waals surface area (Å²) in [7, 11) is -1.72. The van der Waals surface area contributed by atoms with E-state index >= 15 is 0 Å². The summed E-state index contributed by atoms with van der Waals surface area (Å²) >= 11 is 0. The van der Waals surface area contributed by atoms with Gasteiger partial charge >= 0.3 is 0 Å². The van der Waals surface area contributed by atoms with Crippen LogP contribution in [0.15, 0.2) is 30.3 Å². The topological polar surface area (TPSA) is 27.0 Å². The highest BCUT2D eigenvalue weighted by Crippen LogP contribution is 2.44. The number of unbranched alkanes of at least 4 members (excludes halogenated alkanes) is 1. The van der Waals surface area contributed by atoms with Gasteiger partial charge in [0.2, 0.25) is 0 Å². The van der Waals surface area contributed by atoms with Crippen molar-refractivity contribution in [2.75, 3.05) is 0 Å². The number of fused-ring (bicyclic) bond motifs is 1. The number of hydrogen-bond acceptors (Lipinski definition) is 1. The minimum Gasteiger partial charge on any atom is -0.685 e. The lowest BCUT2D eigenvalue weighted by Gasteiger charge is -2.50. The fourth-order valence-electron chi connectivity index (χ4n) is 2.23. The molecule has 2 aromatic rings. The van der Waals surface area contributed by atoms with E-state index in [2.05, 4.69) is 71.1 Å². The normalized spacial score (nSPS) is 12.6. The summed E-state index contributed by atoms with van der Waals surface area (Å²) in [5.41, 5.74) is 3.33. The number of hydrogen-bond donors (Lipinski definition) is 0. The average molecular weight is 314 g/mol. The summed E-state index contributed by atoms with van der Waals surface area (Å²) in [6.45, 7) is 13.8. The Hall–Kier alpha value is -1.35. The van der Waals surface area contributed by atoms with Crippen LogP contribution in [-0.2, 0) is 6.42 Å². The van der Waals surface area contributed by atoms with E-state index in [0.717, 1.165) is 17.6 Å². The van der Waals surface area contributed by atoms with Crippen LogP contribution in [0, 0.1) is 0 Å². The molecule has 0 spiro atoms. The second-order valence-corrected chi connectivity index (χ2v) is 12.5. The van der Waals surface area contributed by atoms with E-state index < -0.39 is 8.24 Å². The van der Waals surface area contributed by atoms with Crippen LogP contribution in [0.1, 0.15) is 46.2 Å². The molecular weight excluding hydrogens is 284 g/mol. The zero-order chi connectivity index (χ0) is 16.4. The minimum absolute atomic E-state index is 0.245. The van der Waals surface area contributed by atoms with Gasteiger partial charge in [0.05, 0.1) is 5.52 Å². The maximum atomic E-state index is 5.19. The third kappa shape index (κ3) is 3.69. The monoisotopic (exact) mass is 313 g/mol. The van der Waals surface area contributed by atoms with Crippen LogP contribution >= 0.6 is 0 Å². The molecule has 0 saturated heterocycles. The van der Waals surface area contributed by atoms with E-state index in [0.29, 0.717) is 0 Å². The first-order valence-corrected chi connectivity index (χ1v) is 11.3. The third-order valence-corrected chi connectivity index (χ3v) is 9.25. The van der Waals surface area contributed by atoms with Gasteiger partial charge < -0.3 is 4.98 Å². The molecule has 0 aliphatic rings. The molecule has 0 bridgehead atoms. The van der Waals surface area contributed by atoms with Gasteiger partial charge in [-0.2, -0.15) is 0 Å². The first kappa shape index (κ1) is 17.0. The summed E-state index contributed by atoms with van der Waals surface area (Å²) in [5.74, 6) is 0. The van der Waals surface area contributed by atoms with Gasteiger partial charge in [-0.3, -0.25) is 4.98 Å². The number of rotatable bonds is 5. The number of aryl methyl sites for hydroxylation is 1. The molecule has 2 nitrogen and oxygen atoms in total.